The second kappa shape index (κ2) is 7.70. The van der Waals surface area contributed by atoms with Crippen molar-refractivity contribution in [3.8, 4) is 28.4 Å². The number of hydrogen-bond acceptors (Lipinski definition) is 3. The van der Waals surface area contributed by atoms with Gasteiger partial charge in [0.1, 0.15) is 22.8 Å². The highest BCUT2D eigenvalue weighted by molar-refractivity contribution is 6.74. The maximum Gasteiger partial charge on any atom is 0.250 e. The summed E-state index contributed by atoms with van der Waals surface area (Å²) in [6.45, 7) is 15.5. The largest absolute Gasteiger partial charge is 0.543 e. The number of benzene rings is 3. The second-order valence-corrected chi connectivity index (χ2v) is 15.3. The van der Waals surface area contributed by atoms with Crippen LogP contribution in [0.4, 0.5) is 0 Å². The van der Waals surface area contributed by atoms with Gasteiger partial charge in [-0.2, -0.15) is 0 Å². The summed E-state index contributed by atoms with van der Waals surface area (Å²) in [5, 5.41) is 2.17. The van der Waals surface area contributed by atoms with E-state index < -0.39 is 8.32 Å². The Hall–Kier alpha value is -2.72. The summed E-state index contributed by atoms with van der Waals surface area (Å²) >= 11 is 0. The maximum absolute atomic E-state index is 7.02. The normalized spacial score (nSPS) is 15.2. The topological polar surface area (TPSA) is 27.7 Å². The van der Waals surface area contributed by atoms with Crippen LogP contribution in [0.5, 0.6) is 17.2 Å². The Kier molecular flexibility index (Phi) is 5.41. The van der Waals surface area contributed by atoms with Gasteiger partial charge in [0, 0.05) is 21.9 Å². The Morgan fingerprint density at radius 3 is 2.28 bits per heavy atom. The van der Waals surface area contributed by atoms with Crippen molar-refractivity contribution in [2.75, 3.05) is 7.11 Å². The molecule has 0 unspecified atom stereocenters. The molecule has 0 fully saturated rings. The van der Waals surface area contributed by atoms with Gasteiger partial charge in [0.05, 0.1) is 7.11 Å². The van der Waals surface area contributed by atoms with Crippen molar-refractivity contribution in [1.82, 2.24) is 0 Å². The Labute approximate surface area is 193 Å². The smallest absolute Gasteiger partial charge is 0.250 e. The fourth-order valence-electron chi connectivity index (χ4n) is 3.84. The van der Waals surface area contributed by atoms with Crippen LogP contribution in [0.3, 0.4) is 0 Å². The van der Waals surface area contributed by atoms with Crippen LogP contribution in [0.1, 0.15) is 40.2 Å². The number of methoxy groups -OCH3 is 1. The zero-order valence-corrected chi connectivity index (χ0v) is 21.5. The van der Waals surface area contributed by atoms with Gasteiger partial charge >= 0.3 is 0 Å². The highest BCUT2D eigenvalue weighted by atomic mass is 28.4. The van der Waals surface area contributed by atoms with E-state index in [1.807, 2.05) is 6.07 Å². The molecular formula is C28H34O3Si. The Morgan fingerprint density at radius 2 is 1.66 bits per heavy atom. The Balaban J connectivity index is 2.06. The summed E-state index contributed by atoms with van der Waals surface area (Å²) in [5.41, 5.74) is 2.88. The van der Waals surface area contributed by atoms with Gasteiger partial charge in [-0.1, -0.05) is 57.2 Å². The summed E-state index contributed by atoms with van der Waals surface area (Å²) in [6, 6.07) is 16.7. The lowest BCUT2D eigenvalue weighted by Crippen LogP contribution is -2.44. The van der Waals surface area contributed by atoms with E-state index in [1.54, 1.807) is 7.11 Å². The van der Waals surface area contributed by atoms with Gasteiger partial charge in [-0.3, -0.25) is 0 Å². The molecule has 0 saturated heterocycles. The van der Waals surface area contributed by atoms with E-state index in [0.717, 1.165) is 44.7 Å². The minimum Gasteiger partial charge on any atom is -0.543 e. The highest BCUT2D eigenvalue weighted by Gasteiger charge is 2.40. The van der Waals surface area contributed by atoms with E-state index in [9.17, 15) is 0 Å². The standard InChI is InChI=1S/C28H34O3Si/c1-27(2,3)32(7,8)31-26-21-14-15-23-20(16-17-28(4,5)30-23)25(21)24(29-6)18-22(26)19-12-10-9-11-13-19/h9-18H,1-8H3. The van der Waals surface area contributed by atoms with Crippen LogP contribution >= 0.6 is 0 Å². The van der Waals surface area contributed by atoms with Gasteiger partial charge in [-0.15, -0.1) is 0 Å². The fraction of sp³-hybridized carbons (Fsp3) is 0.357. The molecule has 4 heteroatoms. The van der Waals surface area contributed by atoms with Gasteiger partial charge < -0.3 is 13.9 Å². The average molecular weight is 447 g/mol. The molecule has 168 valence electrons. The third-order valence-corrected chi connectivity index (χ3v) is 11.0. The molecule has 0 bridgehead atoms. The molecular weight excluding hydrogens is 412 g/mol. The third-order valence-electron chi connectivity index (χ3n) is 6.71. The molecule has 3 aromatic rings. The van der Waals surface area contributed by atoms with E-state index in [4.69, 9.17) is 13.9 Å². The zero-order valence-electron chi connectivity index (χ0n) is 20.5. The number of hydrogen-bond donors (Lipinski definition) is 0. The lowest BCUT2D eigenvalue weighted by Gasteiger charge is -2.38. The molecule has 4 rings (SSSR count). The van der Waals surface area contributed by atoms with Gasteiger partial charge in [0.15, 0.2) is 0 Å². The fourth-order valence-corrected chi connectivity index (χ4v) is 4.87. The Bertz CT molecular complexity index is 1190. The molecule has 1 aliphatic rings. The molecule has 0 atom stereocenters. The van der Waals surface area contributed by atoms with E-state index in [0.29, 0.717) is 0 Å². The highest BCUT2D eigenvalue weighted by Crippen LogP contribution is 2.49. The van der Waals surface area contributed by atoms with Gasteiger partial charge in [-0.25, -0.2) is 0 Å². The van der Waals surface area contributed by atoms with Gasteiger partial charge in [-0.05, 0) is 61.8 Å². The SMILES string of the molecule is COc1cc(-c2ccccc2)c(O[Si](C)(C)C(C)(C)C)c2ccc3c(c12)C=CC(C)(C)O3. The molecule has 3 nitrogen and oxygen atoms in total. The van der Waals surface area contributed by atoms with E-state index in [1.165, 1.54) is 0 Å². The average Bonchev–Trinajstić information content (AvgIpc) is 2.72. The lowest BCUT2D eigenvalue weighted by atomic mass is 9.93. The molecule has 0 radical (unpaired) electrons. The predicted octanol–water partition coefficient (Wildman–Crippen LogP) is 8.08. The van der Waals surface area contributed by atoms with Crippen molar-refractivity contribution in [2.45, 2.75) is 58.4 Å². The number of rotatable bonds is 4. The van der Waals surface area contributed by atoms with Crippen LogP contribution in [-0.4, -0.2) is 21.0 Å². The first-order chi connectivity index (χ1) is 14.9. The molecule has 1 heterocycles. The molecule has 0 aliphatic carbocycles. The van der Waals surface area contributed by atoms with Crippen molar-refractivity contribution in [2.24, 2.45) is 0 Å². The molecule has 0 aromatic heterocycles. The quantitative estimate of drug-likeness (QED) is 0.379. The van der Waals surface area contributed by atoms with E-state index in [-0.39, 0.29) is 10.6 Å². The van der Waals surface area contributed by atoms with Crippen LogP contribution in [0.2, 0.25) is 18.1 Å². The van der Waals surface area contributed by atoms with Gasteiger partial charge in [0.2, 0.25) is 0 Å². The second-order valence-electron chi connectivity index (χ2n) is 10.6. The first-order valence-electron chi connectivity index (χ1n) is 11.2. The Morgan fingerprint density at radius 1 is 0.969 bits per heavy atom. The minimum atomic E-state index is -2.10. The molecule has 0 amide bonds. The summed E-state index contributed by atoms with van der Waals surface area (Å²) in [4.78, 5) is 0. The molecule has 32 heavy (non-hydrogen) atoms. The van der Waals surface area contributed by atoms with E-state index in [2.05, 4.69) is 102 Å². The number of ether oxygens (including phenoxy) is 2. The third kappa shape index (κ3) is 3.92. The monoisotopic (exact) mass is 446 g/mol. The van der Waals surface area contributed by atoms with Crippen molar-refractivity contribution in [3.05, 3.63) is 60.2 Å². The molecule has 3 aromatic carbocycles. The van der Waals surface area contributed by atoms with Crippen molar-refractivity contribution in [1.29, 1.82) is 0 Å². The minimum absolute atomic E-state index is 0.0778. The van der Waals surface area contributed by atoms with Crippen molar-refractivity contribution >= 4 is 25.2 Å². The summed E-state index contributed by atoms with van der Waals surface area (Å²) in [6.07, 6.45) is 4.26. The molecule has 1 aliphatic heterocycles. The lowest BCUT2D eigenvalue weighted by molar-refractivity contribution is 0.159. The van der Waals surface area contributed by atoms with Crippen LogP contribution < -0.4 is 13.9 Å². The zero-order chi connectivity index (χ0) is 23.3. The van der Waals surface area contributed by atoms with Gasteiger partial charge in [0.25, 0.3) is 8.32 Å². The predicted molar refractivity (Wildman–Crippen MR) is 138 cm³/mol. The first kappa shape index (κ1) is 22.5. The number of fused-ring (bicyclic) bond motifs is 3. The van der Waals surface area contributed by atoms with Crippen molar-refractivity contribution < 1.29 is 13.9 Å². The molecule has 0 N–H and O–H groups in total. The van der Waals surface area contributed by atoms with Crippen LogP contribution in [0, 0.1) is 0 Å². The molecule has 0 saturated carbocycles. The van der Waals surface area contributed by atoms with Crippen molar-refractivity contribution in [3.63, 3.8) is 0 Å². The molecule has 0 spiro atoms. The van der Waals surface area contributed by atoms with E-state index >= 15 is 0 Å². The first-order valence-corrected chi connectivity index (χ1v) is 14.1. The summed E-state index contributed by atoms with van der Waals surface area (Å²) in [5.74, 6) is 2.62. The summed E-state index contributed by atoms with van der Waals surface area (Å²) < 4.78 is 19.2. The van der Waals surface area contributed by atoms with Crippen LogP contribution in [-0.2, 0) is 0 Å². The maximum atomic E-state index is 7.02. The van der Waals surface area contributed by atoms with Crippen LogP contribution in [0.25, 0.3) is 28.0 Å². The summed E-state index contributed by atoms with van der Waals surface area (Å²) in [7, 11) is -0.373. The van der Waals surface area contributed by atoms with Crippen LogP contribution in [0.15, 0.2) is 54.6 Å².